The van der Waals surface area contributed by atoms with Gasteiger partial charge < -0.3 is 10.2 Å². The Hall–Kier alpha value is -1.32. The van der Waals surface area contributed by atoms with Crippen molar-refractivity contribution in [1.82, 2.24) is 9.97 Å². The van der Waals surface area contributed by atoms with Gasteiger partial charge >= 0.3 is 0 Å². The Morgan fingerprint density at radius 1 is 1.14 bits per heavy atom. The van der Waals surface area contributed by atoms with Crippen LogP contribution in [0.2, 0.25) is 0 Å². The maximum atomic E-state index is 4.70. The normalized spacial score (nSPS) is 17.8. The predicted octanol–water partition coefficient (Wildman–Crippen LogP) is 4.01. The molecule has 0 radical (unpaired) electrons. The largest absolute Gasteiger partial charge is 0.356 e. The predicted molar refractivity (Wildman–Crippen MR) is 90.0 cm³/mol. The van der Waals surface area contributed by atoms with Crippen molar-refractivity contribution in [3.63, 3.8) is 0 Å². The monoisotopic (exact) mass is 290 g/mol. The average molecular weight is 290 g/mol. The molecule has 0 saturated carbocycles. The van der Waals surface area contributed by atoms with Crippen molar-refractivity contribution < 1.29 is 0 Å². The molecule has 0 spiro atoms. The molecule has 0 bridgehead atoms. The van der Waals surface area contributed by atoms with E-state index in [1.54, 1.807) is 0 Å². The third-order valence-electron chi connectivity index (χ3n) is 5.02. The second kappa shape index (κ2) is 7.10. The molecule has 21 heavy (non-hydrogen) atoms. The first-order valence-corrected chi connectivity index (χ1v) is 8.47. The molecule has 0 unspecified atom stereocenters. The lowest BCUT2D eigenvalue weighted by atomic mass is 9.74. The van der Waals surface area contributed by atoms with Gasteiger partial charge in [0.1, 0.15) is 5.82 Å². The molecule has 0 amide bonds. The summed E-state index contributed by atoms with van der Waals surface area (Å²) in [5, 5.41) is 3.30. The minimum Gasteiger partial charge on any atom is -0.356 e. The van der Waals surface area contributed by atoms with E-state index in [4.69, 9.17) is 4.98 Å². The van der Waals surface area contributed by atoms with Gasteiger partial charge in [0.15, 0.2) is 0 Å². The minimum atomic E-state index is 0.557. The summed E-state index contributed by atoms with van der Waals surface area (Å²) in [4.78, 5) is 11.6. The Bertz CT molecular complexity index is 444. The SMILES string of the molecule is CCCNc1nc(C)cc(N2CCC(CC)(CC)CC2)n1. The van der Waals surface area contributed by atoms with E-state index in [1.807, 2.05) is 0 Å². The third-order valence-corrected chi connectivity index (χ3v) is 5.02. The molecule has 0 aliphatic carbocycles. The molecule has 1 saturated heterocycles. The summed E-state index contributed by atoms with van der Waals surface area (Å²) in [6, 6.07) is 2.11. The zero-order chi connectivity index (χ0) is 15.3. The van der Waals surface area contributed by atoms with E-state index in [9.17, 15) is 0 Å². The topological polar surface area (TPSA) is 41.1 Å². The maximum Gasteiger partial charge on any atom is 0.224 e. The molecule has 1 aliphatic heterocycles. The van der Waals surface area contributed by atoms with Gasteiger partial charge in [0, 0.05) is 31.4 Å². The summed E-state index contributed by atoms with van der Waals surface area (Å²) >= 11 is 0. The van der Waals surface area contributed by atoms with Gasteiger partial charge in [-0.2, -0.15) is 4.98 Å². The van der Waals surface area contributed by atoms with Gasteiger partial charge in [0.25, 0.3) is 0 Å². The van der Waals surface area contributed by atoms with Gasteiger partial charge in [0.2, 0.25) is 5.95 Å². The first kappa shape index (κ1) is 16.1. The molecular formula is C17H30N4. The van der Waals surface area contributed by atoms with Crippen molar-refractivity contribution in [2.45, 2.75) is 59.8 Å². The summed E-state index contributed by atoms with van der Waals surface area (Å²) in [6.07, 6.45) is 6.24. The van der Waals surface area contributed by atoms with Crippen LogP contribution < -0.4 is 10.2 Å². The van der Waals surface area contributed by atoms with Crippen LogP contribution >= 0.6 is 0 Å². The zero-order valence-electron chi connectivity index (χ0n) is 14.1. The van der Waals surface area contributed by atoms with Gasteiger partial charge in [-0.15, -0.1) is 0 Å². The van der Waals surface area contributed by atoms with E-state index in [2.05, 4.69) is 49.0 Å². The van der Waals surface area contributed by atoms with Crippen LogP contribution in [0.15, 0.2) is 6.07 Å². The summed E-state index contributed by atoms with van der Waals surface area (Å²) in [6.45, 7) is 12.0. The highest BCUT2D eigenvalue weighted by atomic mass is 15.2. The van der Waals surface area contributed by atoms with Crippen molar-refractivity contribution in [1.29, 1.82) is 0 Å². The number of nitrogens with zero attached hydrogens (tertiary/aromatic N) is 3. The lowest BCUT2D eigenvalue weighted by Crippen LogP contribution is -2.40. The summed E-state index contributed by atoms with van der Waals surface area (Å²) < 4.78 is 0. The molecular weight excluding hydrogens is 260 g/mol. The Morgan fingerprint density at radius 3 is 2.38 bits per heavy atom. The molecule has 1 fully saturated rings. The second-order valence-electron chi connectivity index (χ2n) is 6.31. The van der Waals surface area contributed by atoms with Crippen molar-refractivity contribution >= 4 is 11.8 Å². The molecule has 0 aromatic carbocycles. The molecule has 1 aromatic heterocycles. The Kier molecular flexibility index (Phi) is 5.43. The van der Waals surface area contributed by atoms with Gasteiger partial charge in [-0.05, 0) is 31.6 Å². The van der Waals surface area contributed by atoms with E-state index in [0.717, 1.165) is 43.5 Å². The number of piperidine rings is 1. The molecule has 2 heterocycles. The Balaban J connectivity index is 2.07. The Labute approximate surface area is 129 Å². The van der Waals surface area contributed by atoms with E-state index in [-0.39, 0.29) is 0 Å². The van der Waals surface area contributed by atoms with Crippen LogP contribution in [0.3, 0.4) is 0 Å². The summed E-state index contributed by atoms with van der Waals surface area (Å²) in [5.74, 6) is 1.86. The summed E-state index contributed by atoms with van der Waals surface area (Å²) in [7, 11) is 0. The highest BCUT2D eigenvalue weighted by molar-refractivity contribution is 5.45. The quantitative estimate of drug-likeness (QED) is 0.859. The van der Waals surface area contributed by atoms with Crippen molar-refractivity contribution in [2.24, 2.45) is 5.41 Å². The fourth-order valence-electron chi connectivity index (χ4n) is 3.20. The molecule has 2 rings (SSSR count). The molecule has 1 N–H and O–H groups in total. The zero-order valence-corrected chi connectivity index (χ0v) is 14.1. The van der Waals surface area contributed by atoms with Crippen molar-refractivity contribution in [3.05, 3.63) is 11.8 Å². The van der Waals surface area contributed by atoms with Crippen LogP contribution in [-0.4, -0.2) is 29.6 Å². The molecule has 0 atom stereocenters. The number of rotatable bonds is 6. The number of aromatic nitrogens is 2. The molecule has 4 nitrogen and oxygen atoms in total. The molecule has 1 aliphatic rings. The van der Waals surface area contributed by atoms with Crippen LogP contribution in [0.25, 0.3) is 0 Å². The van der Waals surface area contributed by atoms with Crippen LogP contribution in [0.4, 0.5) is 11.8 Å². The van der Waals surface area contributed by atoms with Gasteiger partial charge in [-0.25, -0.2) is 4.98 Å². The lowest BCUT2D eigenvalue weighted by molar-refractivity contribution is 0.199. The average Bonchev–Trinajstić information content (AvgIpc) is 2.52. The van der Waals surface area contributed by atoms with E-state index >= 15 is 0 Å². The Morgan fingerprint density at radius 2 is 1.81 bits per heavy atom. The van der Waals surface area contributed by atoms with Gasteiger partial charge in [-0.1, -0.05) is 33.6 Å². The van der Waals surface area contributed by atoms with Gasteiger partial charge in [0.05, 0.1) is 0 Å². The van der Waals surface area contributed by atoms with E-state index in [0.29, 0.717) is 5.41 Å². The van der Waals surface area contributed by atoms with Crippen molar-refractivity contribution in [2.75, 3.05) is 29.9 Å². The van der Waals surface area contributed by atoms with Crippen LogP contribution in [0.5, 0.6) is 0 Å². The second-order valence-corrected chi connectivity index (χ2v) is 6.31. The molecule has 118 valence electrons. The highest BCUT2D eigenvalue weighted by Crippen LogP contribution is 2.38. The number of nitrogens with one attached hydrogen (secondary N) is 1. The van der Waals surface area contributed by atoms with Crippen LogP contribution in [0, 0.1) is 12.3 Å². The molecule has 1 aromatic rings. The first-order valence-electron chi connectivity index (χ1n) is 8.47. The van der Waals surface area contributed by atoms with Crippen molar-refractivity contribution in [3.8, 4) is 0 Å². The van der Waals surface area contributed by atoms with Gasteiger partial charge in [-0.3, -0.25) is 0 Å². The number of anilines is 2. The van der Waals surface area contributed by atoms with E-state index in [1.165, 1.54) is 25.7 Å². The first-order chi connectivity index (χ1) is 10.1. The van der Waals surface area contributed by atoms with Crippen LogP contribution in [-0.2, 0) is 0 Å². The lowest BCUT2D eigenvalue weighted by Gasteiger charge is -2.41. The van der Waals surface area contributed by atoms with Crippen LogP contribution in [0.1, 0.15) is 58.6 Å². The summed E-state index contributed by atoms with van der Waals surface area (Å²) in [5.41, 5.74) is 1.60. The number of aryl methyl sites for hydroxylation is 1. The number of hydrogen-bond donors (Lipinski definition) is 1. The third kappa shape index (κ3) is 3.86. The highest BCUT2D eigenvalue weighted by Gasteiger charge is 2.31. The molecule has 4 heteroatoms. The van der Waals surface area contributed by atoms with E-state index < -0.39 is 0 Å². The standard InChI is InChI=1S/C17H30N4/c1-5-10-18-16-19-14(4)13-15(20-16)21-11-8-17(6-2,7-3)9-12-21/h13H,5-12H2,1-4H3,(H,18,19,20). The smallest absolute Gasteiger partial charge is 0.224 e. The number of hydrogen-bond acceptors (Lipinski definition) is 4. The maximum absolute atomic E-state index is 4.70. The fraction of sp³-hybridized carbons (Fsp3) is 0.765. The fourth-order valence-corrected chi connectivity index (χ4v) is 3.20. The minimum absolute atomic E-state index is 0.557.